The summed E-state index contributed by atoms with van der Waals surface area (Å²) < 4.78 is 11.3. The molecule has 3 heteroatoms. The number of hydrogen-bond donors (Lipinski definition) is 1. The van der Waals surface area contributed by atoms with Gasteiger partial charge in [-0.15, -0.1) is 0 Å². The van der Waals surface area contributed by atoms with E-state index in [-0.39, 0.29) is 0 Å². The Morgan fingerprint density at radius 2 is 2.28 bits per heavy atom. The Bertz CT molecular complexity index is 348. The van der Waals surface area contributed by atoms with Gasteiger partial charge in [-0.1, -0.05) is 25.1 Å². The average Bonchev–Trinajstić information content (AvgIpc) is 2.91. The van der Waals surface area contributed by atoms with E-state index in [2.05, 4.69) is 24.4 Å². The second-order valence-electron chi connectivity index (χ2n) is 4.72. The summed E-state index contributed by atoms with van der Waals surface area (Å²) in [6.07, 6.45) is 3.81. The Hall–Kier alpha value is -1.06. The van der Waals surface area contributed by atoms with Crippen molar-refractivity contribution < 1.29 is 9.47 Å². The van der Waals surface area contributed by atoms with Crippen molar-refractivity contribution in [2.45, 2.75) is 38.8 Å². The van der Waals surface area contributed by atoms with E-state index >= 15 is 0 Å². The van der Waals surface area contributed by atoms with Gasteiger partial charge in [0, 0.05) is 25.3 Å². The summed E-state index contributed by atoms with van der Waals surface area (Å²) in [5.41, 5.74) is 1.23. The van der Waals surface area contributed by atoms with E-state index < -0.39 is 0 Å². The fourth-order valence-corrected chi connectivity index (χ4v) is 2.18. The summed E-state index contributed by atoms with van der Waals surface area (Å²) in [7, 11) is 0. The van der Waals surface area contributed by atoms with Crippen LogP contribution in [0.2, 0.25) is 0 Å². The van der Waals surface area contributed by atoms with Gasteiger partial charge in [-0.2, -0.15) is 0 Å². The molecule has 0 bridgehead atoms. The van der Waals surface area contributed by atoms with E-state index in [1.807, 2.05) is 12.1 Å². The zero-order valence-electron chi connectivity index (χ0n) is 11.2. The van der Waals surface area contributed by atoms with Gasteiger partial charge in [-0.05, 0) is 25.3 Å². The molecule has 1 saturated heterocycles. The Morgan fingerprint density at radius 3 is 3.06 bits per heavy atom. The first-order valence-corrected chi connectivity index (χ1v) is 6.93. The Labute approximate surface area is 109 Å². The molecule has 0 saturated carbocycles. The first kappa shape index (κ1) is 13.4. The zero-order valence-corrected chi connectivity index (χ0v) is 11.2. The standard InChI is InChI=1S/C15H23NO2/c1-2-9-18-15-8-4-3-6-13(15)11-16-12-14-7-5-10-17-14/h3-4,6,8,14,16H,2,5,7,9-12H2,1H3/t14-/m0/s1. The maximum absolute atomic E-state index is 5.74. The molecule has 0 amide bonds. The molecular weight excluding hydrogens is 226 g/mol. The monoisotopic (exact) mass is 249 g/mol. The molecule has 0 aromatic heterocycles. The summed E-state index contributed by atoms with van der Waals surface area (Å²) >= 11 is 0. The first-order chi connectivity index (χ1) is 8.90. The van der Waals surface area contributed by atoms with Crippen molar-refractivity contribution in [1.29, 1.82) is 0 Å². The Morgan fingerprint density at radius 1 is 1.39 bits per heavy atom. The zero-order chi connectivity index (χ0) is 12.6. The van der Waals surface area contributed by atoms with Crippen LogP contribution in [0.5, 0.6) is 5.75 Å². The lowest BCUT2D eigenvalue weighted by Crippen LogP contribution is -2.26. The average molecular weight is 249 g/mol. The van der Waals surface area contributed by atoms with Crippen molar-refractivity contribution in [2.24, 2.45) is 0 Å². The summed E-state index contributed by atoms with van der Waals surface area (Å²) in [6.45, 7) is 5.60. The number of benzene rings is 1. The number of nitrogens with one attached hydrogen (secondary N) is 1. The minimum Gasteiger partial charge on any atom is -0.493 e. The lowest BCUT2D eigenvalue weighted by molar-refractivity contribution is 0.110. The minimum absolute atomic E-state index is 0.397. The van der Waals surface area contributed by atoms with Crippen LogP contribution >= 0.6 is 0 Å². The first-order valence-electron chi connectivity index (χ1n) is 6.93. The largest absolute Gasteiger partial charge is 0.493 e. The highest BCUT2D eigenvalue weighted by Gasteiger charge is 2.14. The molecule has 1 fully saturated rings. The van der Waals surface area contributed by atoms with Crippen LogP contribution in [-0.4, -0.2) is 25.9 Å². The van der Waals surface area contributed by atoms with E-state index in [0.29, 0.717) is 6.10 Å². The summed E-state index contributed by atoms with van der Waals surface area (Å²) in [5, 5.41) is 3.46. The highest BCUT2D eigenvalue weighted by molar-refractivity contribution is 5.33. The molecule has 1 aliphatic rings. The van der Waals surface area contributed by atoms with E-state index in [1.54, 1.807) is 0 Å². The van der Waals surface area contributed by atoms with Gasteiger partial charge in [0.05, 0.1) is 12.7 Å². The number of ether oxygens (including phenoxy) is 2. The summed E-state index contributed by atoms with van der Waals surface area (Å²) in [4.78, 5) is 0. The molecule has 1 atom stereocenters. The number of para-hydroxylation sites is 1. The highest BCUT2D eigenvalue weighted by Crippen LogP contribution is 2.18. The van der Waals surface area contributed by atoms with Gasteiger partial charge in [0.15, 0.2) is 0 Å². The van der Waals surface area contributed by atoms with Gasteiger partial charge in [0.25, 0.3) is 0 Å². The van der Waals surface area contributed by atoms with E-state index in [9.17, 15) is 0 Å². The molecule has 0 spiro atoms. The van der Waals surface area contributed by atoms with Crippen molar-refractivity contribution in [3.8, 4) is 5.75 Å². The van der Waals surface area contributed by atoms with Gasteiger partial charge in [-0.25, -0.2) is 0 Å². The lowest BCUT2D eigenvalue weighted by atomic mass is 10.2. The van der Waals surface area contributed by atoms with Crippen molar-refractivity contribution in [2.75, 3.05) is 19.8 Å². The van der Waals surface area contributed by atoms with Crippen LogP contribution in [0.15, 0.2) is 24.3 Å². The van der Waals surface area contributed by atoms with Gasteiger partial charge in [0.1, 0.15) is 5.75 Å². The van der Waals surface area contributed by atoms with Crippen LogP contribution in [0.4, 0.5) is 0 Å². The molecule has 0 aliphatic carbocycles. The fraction of sp³-hybridized carbons (Fsp3) is 0.600. The lowest BCUT2D eigenvalue weighted by Gasteiger charge is -2.13. The van der Waals surface area contributed by atoms with Gasteiger partial charge < -0.3 is 14.8 Å². The SMILES string of the molecule is CCCOc1ccccc1CNC[C@@H]1CCCO1. The van der Waals surface area contributed by atoms with Gasteiger partial charge >= 0.3 is 0 Å². The molecule has 18 heavy (non-hydrogen) atoms. The van der Waals surface area contributed by atoms with Gasteiger partial charge in [-0.3, -0.25) is 0 Å². The smallest absolute Gasteiger partial charge is 0.123 e. The molecule has 1 aliphatic heterocycles. The molecule has 1 heterocycles. The third-order valence-corrected chi connectivity index (χ3v) is 3.15. The second kappa shape index (κ2) is 7.39. The molecular formula is C15H23NO2. The normalized spacial score (nSPS) is 19.1. The predicted octanol–water partition coefficient (Wildman–Crippen LogP) is 2.74. The Kier molecular flexibility index (Phi) is 5.49. The van der Waals surface area contributed by atoms with Crippen LogP contribution in [0.1, 0.15) is 31.7 Å². The van der Waals surface area contributed by atoms with Crippen molar-refractivity contribution in [3.05, 3.63) is 29.8 Å². The van der Waals surface area contributed by atoms with Crippen LogP contribution in [-0.2, 0) is 11.3 Å². The highest BCUT2D eigenvalue weighted by atomic mass is 16.5. The topological polar surface area (TPSA) is 30.5 Å². The Balaban J connectivity index is 1.79. The molecule has 0 radical (unpaired) electrons. The van der Waals surface area contributed by atoms with Crippen LogP contribution < -0.4 is 10.1 Å². The molecule has 1 N–H and O–H groups in total. The molecule has 1 aromatic rings. The molecule has 2 rings (SSSR count). The molecule has 100 valence electrons. The molecule has 1 aromatic carbocycles. The fourth-order valence-electron chi connectivity index (χ4n) is 2.18. The third-order valence-electron chi connectivity index (χ3n) is 3.15. The van der Waals surface area contributed by atoms with Crippen molar-refractivity contribution >= 4 is 0 Å². The predicted molar refractivity (Wildman–Crippen MR) is 72.9 cm³/mol. The molecule has 0 unspecified atom stereocenters. The van der Waals surface area contributed by atoms with Crippen LogP contribution in [0, 0.1) is 0 Å². The summed E-state index contributed by atoms with van der Waals surface area (Å²) in [5.74, 6) is 0.999. The van der Waals surface area contributed by atoms with Crippen LogP contribution in [0.25, 0.3) is 0 Å². The summed E-state index contributed by atoms with van der Waals surface area (Å²) in [6, 6.07) is 8.24. The second-order valence-corrected chi connectivity index (χ2v) is 4.72. The van der Waals surface area contributed by atoms with E-state index in [4.69, 9.17) is 9.47 Å². The maximum atomic E-state index is 5.74. The molecule has 3 nitrogen and oxygen atoms in total. The quantitative estimate of drug-likeness (QED) is 0.806. The number of rotatable bonds is 7. The third kappa shape index (κ3) is 4.00. The van der Waals surface area contributed by atoms with E-state index in [0.717, 1.165) is 38.5 Å². The number of hydrogen-bond acceptors (Lipinski definition) is 3. The van der Waals surface area contributed by atoms with Gasteiger partial charge in [0.2, 0.25) is 0 Å². The van der Waals surface area contributed by atoms with Crippen molar-refractivity contribution in [1.82, 2.24) is 5.32 Å². The van der Waals surface area contributed by atoms with Crippen LogP contribution in [0.3, 0.4) is 0 Å². The maximum Gasteiger partial charge on any atom is 0.123 e. The van der Waals surface area contributed by atoms with Crippen molar-refractivity contribution in [3.63, 3.8) is 0 Å². The minimum atomic E-state index is 0.397. The van der Waals surface area contributed by atoms with E-state index in [1.165, 1.54) is 18.4 Å².